The number of rotatable bonds is 1. The molecule has 1 saturated heterocycles. The van der Waals surface area contributed by atoms with Crippen LogP contribution in [0.3, 0.4) is 0 Å². The minimum absolute atomic E-state index is 0.0629. The van der Waals surface area contributed by atoms with E-state index in [2.05, 4.69) is 5.32 Å². The maximum absolute atomic E-state index is 13.2. The Labute approximate surface area is 126 Å². The third-order valence-corrected chi connectivity index (χ3v) is 4.43. The van der Waals surface area contributed by atoms with Gasteiger partial charge in [0.25, 0.3) is 0 Å². The molecule has 0 radical (unpaired) electrons. The van der Waals surface area contributed by atoms with Crippen molar-refractivity contribution < 1.29 is 9.18 Å². The Balaban J connectivity index is 1.89. The molecule has 0 saturated carbocycles. The summed E-state index contributed by atoms with van der Waals surface area (Å²) in [6.45, 7) is 0. The van der Waals surface area contributed by atoms with E-state index in [1.54, 1.807) is 23.1 Å². The second kappa shape index (κ2) is 4.21. The fourth-order valence-electron chi connectivity index (χ4n) is 3.28. The second-order valence-corrected chi connectivity index (χ2v) is 5.82. The summed E-state index contributed by atoms with van der Waals surface area (Å²) in [7, 11) is 0. The molecule has 4 rings (SSSR count). The Morgan fingerprint density at radius 1 is 1.19 bits per heavy atom. The third-order valence-electron chi connectivity index (χ3n) is 4.19. The Morgan fingerprint density at radius 2 is 1.95 bits per heavy atom. The predicted octanol–water partition coefficient (Wildman–Crippen LogP) is 3.88. The fourth-order valence-corrected chi connectivity index (χ4v) is 3.45. The number of hydrogen-bond acceptors (Lipinski definition) is 2. The molecule has 1 fully saturated rings. The van der Waals surface area contributed by atoms with Crippen molar-refractivity contribution in [3.63, 3.8) is 0 Å². The van der Waals surface area contributed by atoms with Crippen LogP contribution in [0.15, 0.2) is 42.5 Å². The first-order valence-electron chi connectivity index (χ1n) is 6.77. The van der Waals surface area contributed by atoms with Crippen LogP contribution in [0, 0.1) is 5.82 Å². The van der Waals surface area contributed by atoms with Crippen molar-refractivity contribution in [1.29, 1.82) is 0 Å². The maximum Gasteiger partial charge on any atom is 0.229 e. The molecule has 1 atom stereocenters. The van der Waals surface area contributed by atoms with E-state index in [0.717, 1.165) is 16.9 Å². The number of carbonyl (C=O) groups excluding carboxylic acids is 1. The topological polar surface area (TPSA) is 32.3 Å². The van der Waals surface area contributed by atoms with Crippen LogP contribution in [0.25, 0.3) is 0 Å². The van der Waals surface area contributed by atoms with Crippen molar-refractivity contribution in [3.8, 4) is 0 Å². The van der Waals surface area contributed by atoms with Crippen LogP contribution in [0.1, 0.15) is 18.4 Å². The normalized spacial score (nSPS) is 23.0. The van der Waals surface area contributed by atoms with Crippen LogP contribution in [0.5, 0.6) is 0 Å². The van der Waals surface area contributed by atoms with E-state index in [1.165, 1.54) is 12.1 Å². The molecule has 0 bridgehead atoms. The van der Waals surface area contributed by atoms with Crippen LogP contribution in [-0.4, -0.2) is 5.91 Å². The molecule has 2 aliphatic rings. The highest BCUT2D eigenvalue weighted by molar-refractivity contribution is 6.31. The van der Waals surface area contributed by atoms with Gasteiger partial charge in [-0.2, -0.15) is 0 Å². The van der Waals surface area contributed by atoms with Crippen molar-refractivity contribution in [2.75, 3.05) is 10.2 Å². The minimum atomic E-state index is -0.627. The lowest BCUT2D eigenvalue weighted by molar-refractivity contribution is -0.117. The molecule has 1 amide bonds. The zero-order valence-corrected chi connectivity index (χ0v) is 11.8. The van der Waals surface area contributed by atoms with Crippen LogP contribution in [-0.2, 0) is 10.5 Å². The van der Waals surface area contributed by atoms with Gasteiger partial charge in [-0.15, -0.1) is 0 Å². The summed E-state index contributed by atoms with van der Waals surface area (Å²) in [5, 5.41) is 4.03. The molecule has 3 nitrogen and oxygen atoms in total. The maximum atomic E-state index is 13.2. The summed E-state index contributed by atoms with van der Waals surface area (Å²) in [4.78, 5) is 14.1. The number of halogens is 2. The lowest BCUT2D eigenvalue weighted by atomic mass is 9.97. The molecule has 1 N–H and O–H groups in total. The van der Waals surface area contributed by atoms with Gasteiger partial charge >= 0.3 is 0 Å². The van der Waals surface area contributed by atoms with Crippen molar-refractivity contribution >= 4 is 28.9 Å². The lowest BCUT2D eigenvalue weighted by Gasteiger charge is -2.33. The van der Waals surface area contributed by atoms with Crippen LogP contribution in [0.4, 0.5) is 15.8 Å². The average Bonchev–Trinajstić information content (AvgIpc) is 2.95. The minimum Gasteiger partial charge on any atom is -0.357 e. The van der Waals surface area contributed by atoms with Crippen LogP contribution in [0.2, 0.25) is 5.02 Å². The first-order chi connectivity index (χ1) is 10.1. The largest absolute Gasteiger partial charge is 0.357 e. The zero-order chi connectivity index (χ0) is 14.6. The van der Waals surface area contributed by atoms with E-state index in [9.17, 15) is 9.18 Å². The highest BCUT2D eigenvalue weighted by Crippen LogP contribution is 2.51. The van der Waals surface area contributed by atoms with E-state index >= 15 is 0 Å². The van der Waals surface area contributed by atoms with Gasteiger partial charge in [-0.3, -0.25) is 9.69 Å². The van der Waals surface area contributed by atoms with Gasteiger partial charge in [0.2, 0.25) is 5.91 Å². The standard InChI is InChI=1S/C16H12ClFN2O/c17-11-3-6-14-13(9-11)19-16(8-7-15(21)20(14)16)10-1-4-12(18)5-2-10/h1-6,9,19H,7-8H2. The number of nitrogens with zero attached hydrogens (tertiary/aromatic N) is 1. The first kappa shape index (κ1) is 12.7. The Hall–Kier alpha value is -2.07. The van der Waals surface area contributed by atoms with Gasteiger partial charge in [0.05, 0.1) is 11.4 Å². The quantitative estimate of drug-likeness (QED) is 0.867. The highest BCUT2D eigenvalue weighted by atomic mass is 35.5. The highest BCUT2D eigenvalue weighted by Gasteiger charge is 2.52. The summed E-state index contributed by atoms with van der Waals surface area (Å²) < 4.78 is 13.2. The van der Waals surface area contributed by atoms with Gasteiger partial charge in [-0.25, -0.2) is 4.39 Å². The molecule has 106 valence electrons. The average molecular weight is 303 g/mol. The predicted molar refractivity (Wildman–Crippen MR) is 79.9 cm³/mol. The number of benzene rings is 2. The van der Waals surface area contributed by atoms with Crippen molar-refractivity contribution in [2.45, 2.75) is 18.5 Å². The van der Waals surface area contributed by atoms with Gasteiger partial charge < -0.3 is 5.32 Å². The van der Waals surface area contributed by atoms with Crippen molar-refractivity contribution in [2.24, 2.45) is 0 Å². The zero-order valence-electron chi connectivity index (χ0n) is 11.1. The molecule has 5 heteroatoms. The van der Waals surface area contributed by atoms with E-state index in [4.69, 9.17) is 11.6 Å². The smallest absolute Gasteiger partial charge is 0.229 e. The van der Waals surface area contributed by atoms with Gasteiger partial charge in [0.1, 0.15) is 11.5 Å². The van der Waals surface area contributed by atoms with E-state index in [-0.39, 0.29) is 11.7 Å². The van der Waals surface area contributed by atoms with Gasteiger partial charge in [0.15, 0.2) is 0 Å². The molecule has 0 spiro atoms. The molecule has 2 aliphatic heterocycles. The number of fused-ring (bicyclic) bond motifs is 3. The van der Waals surface area contributed by atoms with Crippen molar-refractivity contribution in [1.82, 2.24) is 0 Å². The molecule has 0 aromatic heterocycles. The summed E-state index contributed by atoms with van der Waals surface area (Å²) in [6.07, 6.45) is 1.11. The molecule has 21 heavy (non-hydrogen) atoms. The number of carbonyl (C=O) groups is 1. The molecule has 1 unspecified atom stereocenters. The molecule has 2 aromatic carbocycles. The monoisotopic (exact) mass is 302 g/mol. The van der Waals surface area contributed by atoms with Crippen LogP contribution < -0.4 is 10.2 Å². The molecule has 2 aromatic rings. The fraction of sp³-hybridized carbons (Fsp3) is 0.188. The molecule has 2 heterocycles. The van der Waals surface area contributed by atoms with Gasteiger partial charge in [0, 0.05) is 17.9 Å². The van der Waals surface area contributed by atoms with E-state index in [0.29, 0.717) is 17.9 Å². The molecule has 0 aliphatic carbocycles. The Kier molecular flexibility index (Phi) is 2.54. The SMILES string of the molecule is O=C1CCC2(c3ccc(F)cc3)Nc3cc(Cl)ccc3N12. The Morgan fingerprint density at radius 3 is 2.71 bits per heavy atom. The van der Waals surface area contributed by atoms with Gasteiger partial charge in [-0.1, -0.05) is 23.7 Å². The first-order valence-corrected chi connectivity index (χ1v) is 7.15. The van der Waals surface area contributed by atoms with E-state index < -0.39 is 5.66 Å². The molecular weight excluding hydrogens is 291 g/mol. The third kappa shape index (κ3) is 1.69. The lowest BCUT2D eigenvalue weighted by Crippen LogP contribution is -2.44. The summed E-state index contributed by atoms with van der Waals surface area (Å²) in [5.41, 5.74) is 1.91. The Bertz CT molecular complexity index is 746. The van der Waals surface area contributed by atoms with E-state index in [1.807, 2.05) is 12.1 Å². The summed E-state index contributed by atoms with van der Waals surface area (Å²) >= 11 is 6.04. The van der Waals surface area contributed by atoms with Crippen molar-refractivity contribution in [3.05, 3.63) is 58.9 Å². The number of hydrogen-bond donors (Lipinski definition) is 1. The molecular formula is C16H12ClFN2O. The summed E-state index contributed by atoms with van der Waals surface area (Å²) in [5.74, 6) is -0.225. The van der Waals surface area contributed by atoms with Gasteiger partial charge in [-0.05, 0) is 35.9 Å². The second-order valence-electron chi connectivity index (χ2n) is 5.38. The van der Waals surface area contributed by atoms with Crippen LogP contribution >= 0.6 is 11.6 Å². The number of nitrogens with one attached hydrogen (secondary N) is 1. The number of amides is 1. The summed E-state index contributed by atoms with van der Waals surface area (Å²) in [6, 6.07) is 11.7. The number of anilines is 2.